The van der Waals surface area contributed by atoms with Gasteiger partial charge in [0.25, 0.3) is 0 Å². The number of urea groups is 1. The van der Waals surface area contributed by atoms with Crippen LogP contribution in [0.5, 0.6) is 0 Å². The maximum absolute atomic E-state index is 11.6. The summed E-state index contributed by atoms with van der Waals surface area (Å²) in [6.45, 7) is 2.02. The summed E-state index contributed by atoms with van der Waals surface area (Å²) in [5.41, 5.74) is 1.19. The molecule has 7 heteroatoms. The Labute approximate surface area is 127 Å². The molecule has 0 saturated carbocycles. The molecule has 1 unspecified atom stereocenters. The van der Waals surface area contributed by atoms with E-state index in [-0.39, 0.29) is 0 Å². The zero-order valence-corrected chi connectivity index (χ0v) is 12.9. The van der Waals surface area contributed by atoms with Crippen LogP contribution in [0.3, 0.4) is 0 Å². The fourth-order valence-electron chi connectivity index (χ4n) is 1.78. The van der Waals surface area contributed by atoms with Gasteiger partial charge in [-0.2, -0.15) is 4.99 Å². The van der Waals surface area contributed by atoms with Crippen molar-refractivity contribution >= 4 is 29.7 Å². The predicted octanol–water partition coefficient (Wildman–Crippen LogP) is 2.28. The Bertz CT molecular complexity index is 571. The first-order chi connectivity index (χ1) is 10.0. The fraction of sp³-hybridized carbons (Fsp3) is 0.357. The van der Waals surface area contributed by atoms with E-state index in [1.165, 1.54) is 17.5 Å². The predicted molar refractivity (Wildman–Crippen MR) is 81.8 cm³/mol. The Morgan fingerprint density at radius 3 is 2.71 bits per heavy atom. The van der Waals surface area contributed by atoms with E-state index in [2.05, 4.69) is 10.3 Å². The van der Waals surface area contributed by atoms with E-state index in [9.17, 15) is 9.59 Å². The number of nitrogens with one attached hydrogen (secondary N) is 1. The molecule has 1 atom stereocenters. The molecule has 0 radical (unpaired) electrons. The lowest BCUT2D eigenvalue weighted by Gasteiger charge is -2.10. The van der Waals surface area contributed by atoms with E-state index >= 15 is 0 Å². The molecule has 1 N–H and O–H groups in total. The third-order valence-electron chi connectivity index (χ3n) is 3.00. The number of ether oxygens (including phenoxy) is 1. The average molecular weight is 307 g/mol. The summed E-state index contributed by atoms with van der Waals surface area (Å²) >= 11 is 1.55. The number of rotatable bonds is 3. The van der Waals surface area contributed by atoms with Crippen LogP contribution < -0.4 is 5.32 Å². The normalized spacial score (nSPS) is 19.8. The molecule has 6 nitrogen and oxygen atoms in total. The maximum atomic E-state index is 11.6. The number of benzene rings is 1. The van der Waals surface area contributed by atoms with Crippen LogP contribution in [0, 0.1) is 6.92 Å². The lowest BCUT2D eigenvalue weighted by Crippen LogP contribution is -2.31. The smallest absolute Gasteiger partial charge is 0.415 e. The minimum atomic E-state index is -0.522. The van der Waals surface area contributed by atoms with E-state index in [0.717, 1.165) is 4.90 Å². The number of aliphatic imine (C=N–C) groups is 1. The van der Waals surface area contributed by atoms with E-state index in [1.54, 1.807) is 18.8 Å². The molecule has 0 spiro atoms. The summed E-state index contributed by atoms with van der Waals surface area (Å²) in [5.74, 6) is 0.841. The van der Waals surface area contributed by atoms with Gasteiger partial charge in [0.2, 0.25) is 0 Å². The first-order valence-corrected chi connectivity index (χ1v) is 7.44. The highest BCUT2D eigenvalue weighted by Crippen LogP contribution is 2.23. The van der Waals surface area contributed by atoms with Gasteiger partial charge in [0.05, 0.1) is 0 Å². The van der Waals surface area contributed by atoms with Gasteiger partial charge in [-0.15, -0.1) is 11.8 Å². The van der Waals surface area contributed by atoms with Crippen molar-refractivity contribution < 1.29 is 14.3 Å². The second-order valence-corrected chi connectivity index (χ2v) is 5.67. The minimum Gasteiger partial charge on any atom is -0.437 e. The molecule has 1 aromatic carbocycles. The largest absolute Gasteiger partial charge is 0.437 e. The molecule has 0 aliphatic carbocycles. The Hall–Kier alpha value is -2.02. The fourth-order valence-corrected chi connectivity index (χ4v) is 2.67. The van der Waals surface area contributed by atoms with Crippen molar-refractivity contribution in [3.05, 3.63) is 29.8 Å². The van der Waals surface area contributed by atoms with Crippen LogP contribution in [0.25, 0.3) is 0 Å². The van der Waals surface area contributed by atoms with Gasteiger partial charge < -0.3 is 10.1 Å². The first kappa shape index (κ1) is 15.4. The number of cyclic esters (lactones) is 1. The molecule has 0 bridgehead atoms. The Balaban J connectivity index is 2.06. The first-order valence-electron chi connectivity index (χ1n) is 6.45. The zero-order valence-electron chi connectivity index (χ0n) is 12.1. The molecule has 3 amide bonds. The third-order valence-corrected chi connectivity index (χ3v) is 4.08. The molecule has 112 valence electrons. The average Bonchev–Trinajstić information content (AvgIpc) is 2.74. The molecule has 1 aliphatic rings. The lowest BCUT2D eigenvalue weighted by atomic mass is 10.2. The summed E-state index contributed by atoms with van der Waals surface area (Å²) in [6.07, 6.45) is -1.02. The van der Waals surface area contributed by atoms with Crippen molar-refractivity contribution in [2.75, 3.05) is 19.8 Å². The van der Waals surface area contributed by atoms with Gasteiger partial charge in [0.15, 0.2) is 11.9 Å². The lowest BCUT2D eigenvalue weighted by molar-refractivity contribution is 0.143. The van der Waals surface area contributed by atoms with Gasteiger partial charge in [0, 0.05) is 24.7 Å². The van der Waals surface area contributed by atoms with Gasteiger partial charge in [0.1, 0.15) is 0 Å². The molecule has 0 aromatic heterocycles. The van der Waals surface area contributed by atoms with E-state index in [0.29, 0.717) is 11.6 Å². The van der Waals surface area contributed by atoms with Crippen molar-refractivity contribution in [2.24, 2.45) is 4.99 Å². The highest BCUT2D eigenvalue weighted by Gasteiger charge is 2.36. The molecule has 2 rings (SSSR count). The molecule has 1 aliphatic heterocycles. The van der Waals surface area contributed by atoms with Crippen molar-refractivity contribution in [3.8, 4) is 0 Å². The second-order valence-electron chi connectivity index (χ2n) is 4.58. The Kier molecular flexibility index (Phi) is 4.85. The number of aryl methyl sites for hydroxylation is 1. The highest BCUT2D eigenvalue weighted by atomic mass is 32.2. The topological polar surface area (TPSA) is 71.0 Å². The number of carbonyl (C=O) groups excluding carboxylic acids is 2. The number of carbonyl (C=O) groups is 2. The number of hydrogen-bond acceptors (Lipinski definition) is 4. The number of likely N-dealkylation sites (N-methyl/N-ethyl adjacent to an activating group) is 1. The molecule has 1 aromatic rings. The molecule has 1 heterocycles. The van der Waals surface area contributed by atoms with Gasteiger partial charge in [-0.25, -0.2) is 9.59 Å². The maximum Gasteiger partial charge on any atom is 0.415 e. The number of nitrogens with zero attached hydrogens (tertiary/aromatic N) is 2. The summed E-state index contributed by atoms with van der Waals surface area (Å²) in [4.78, 5) is 29.2. The summed E-state index contributed by atoms with van der Waals surface area (Å²) < 4.78 is 5.23. The molecule has 21 heavy (non-hydrogen) atoms. The quantitative estimate of drug-likeness (QED) is 0.870. The van der Waals surface area contributed by atoms with Crippen LogP contribution >= 0.6 is 11.8 Å². The molecular weight excluding hydrogens is 290 g/mol. The number of thioether (sulfide) groups is 1. The molecule has 1 saturated heterocycles. The number of amides is 3. The van der Waals surface area contributed by atoms with Crippen LogP contribution in [0.4, 0.5) is 9.59 Å². The van der Waals surface area contributed by atoms with E-state index < -0.39 is 18.2 Å². The number of amidine groups is 1. The monoisotopic (exact) mass is 307 g/mol. The zero-order chi connectivity index (χ0) is 15.4. The van der Waals surface area contributed by atoms with Crippen LogP contribution in [0.1, 0.15) is 5.56 Å². The van der Waals surface area contributed by atoms with Gasteiger partial charge in [-0.05, 0) is 19.1 Å². The van der Waals surface area contributed by atoms with Crippen LogP contribution in [0.2, 0.25) is 0 Å². The van der Waals surface area contributed by atoms with Crippen molar-refractivity contribution in [1.82, 2.24) is 10.2 Å². The van der Waals surface area contributed by atoms with E-state index in [1.807, 2.05) is 31.2 Å². The second kappa shape index (κ2) is 6.62. The van der Waals surface area contributed by atoms with Crippen molar-refractivity contribution in [2.45, 2.75) is 17.9 Å². The van der Waals surface area contributed by atoms with Gasteiger partial charge in [-0.1, -0.05) is 17.7 Å². The van der Waals surface area contributed by atoms with Crippen LogP contribution in [-0.2, 0) is 4.74 Å². The SMILES string of the molecule is CNC(=O)/N=C1/C(CSc2ccc(C)cc2)OC(=O)N1C. The van der Waals surface area contributed by atoms with Gasteiger partial charge >= 0.3 is 12.1 Å². The third kappa shape index (κ3) is 3.75. The summed E-state index contributed by atoms with van der Waals surface area (Å²) in [6, 6.07) is 7.57. The van der Waals surface area contributed by atoms with Gasteiger partial charge in [-0.3, -0.25) is 4.90 Å². The summed E-state index contributed by atoms with van der Waals surface area (Å²) in [5, 5.41) is 2.40. The minimum absolute atomic E-state index is 0.332. The standard InChI is InChI=1S/C14H17N3O3S/c1-9-4-6-10(7-5-9)21-8-11-12(16-13(18)15-2)17(3)14(19)20-11/h4-7,11H,8H2,1-3H3,(H,15,18)/b16-12-. The van der Waals surface area contributed by atoms with E-state index in [4.69, 9.17) is 4.74 Å². The van der Waals surface area contributed by atoms with Crippen molar-refractivity contribution in [1.29, 1.82) is 0 Å². The summed E-state index contributed by atoms with van der Waals surface area (Å²) in [7, 11) is 3.03. The van der Waals surface area contributed by atoms with Crippen molar-refractivity contribution in [3.63, 3.8) is 0 Å². The molecular formula is C14H17N3O3S. The van der Waals surface area contributed by atoms with Crippen LogP contribution in [-0.4, -0.2) is 48.8 Å². The Morgan fingerprint density at radius 2 is 2.10 bits per heavy atom. The van der Waals surface area contributed by atoms with Crippen LogP contribution in [0.15, 0.2) is 34.2 Å². The molecule has 1 fully saturated rings. The Morgan fingerprint density at radius 1 is 1.43 bits per heavy atom. The number of hydrogen-bond donors (Lipinski definition) is 1. The highest BCUT2D eigenvalue weighted by molar-refractivity contribution is 7.99.